The molecule has 3 saturated heterocycles. The minimum absolute atomic E-state index is 0.321. The smallest absolute Gasteiger partial charge is 0.328 e. The van der Waals surface area contributed by atoms with Gasteiger partial charge in [-0.25, -0.2) is 4.79 Å². The first kappa shape index (κ1) is 24.8. The Bertz CT molecular complexity index is 727. The molecule has 6 atom stereocenters. The van der Waals surface area contributed by atoms with Crippen LogP contribution in [0.5, 0.6) is 0 Å². The highest BCUT2D eigenvalue weighted by Crippen LogP contribution is 2.42. The number of rotatable bonds is 8. The maximum atomic E-state index is 12.1. The molecule has 3 rings (SSSR count). The first-order valence-corrected chi connectivity index (χ1v) is 10.5. The summed E-state index contributed by atoms with van der Waals surface area (Å²) in [6, 6.07) is -0.823. The number of carbonyl (C=O) groups is 3. The van der Waals surface area contributed by atoms with Gasteiger partial charge in [0.05, 0.1) is 20.3 Å². The lowest BCUT2D eigenvalue weighted by Gasteiger charge is -2.26. The van der Waals surface area contributed by atoms with Crippen molar-refractivity contribution < 1.29 is 47.5 Å². The van der Waals surface area contributed by atoms with Gasteiger partial charge in [-0.05, 0) is 34.6 Å². The van der Waals surface area contributed by atoms with E-state index in [4.69, 9.17) is 28.4 Å². The van der Waals surface area contributed by atoms with Crippen molar-refractivity contribution in [3.05, 3.63) is 0 Å². The molecule has 0 aliphatic carbocycles. The molecule has 0 aromatic rings. The Balaban J connectivity index is 1.49. The maximum absolute atomic E-state index is 12.1. The van der Waals surface area contributed by atoms with Crippen molar-refractivity contribution >= 4 is 17.8 Å². The molecule has 0 spiro atoms. The van der Waals surface area contributed by atoms with Crippen molar-refractivity contribution in [2.75, 3.05) is 26.9 Å². The Hall–Kier alpha value is -1.83. The molecule has 12 heteroatoms. The standard InChI is InChI=1S/C20H32N2O10/c1-10(17(25)26-6)22-12(23)7-21-13(24)9-27-18-16-15(31-20(4,5)32-16)14(29-18)11-8-28-19(2,3)30-11/h10-11,14-16,18H,7-9H2,1-6H3,(H,21,24)(H,22,23)/t10-,11+,14+,15-,16-,18-/m0/s1. The summed E-state index contributed by atoms with van der Waals surface area (Å²) in [7, 11) is 1.22. The molecule has 2 N–H and O–H groups in total. The lowest BCUT2D eigenvalue weighted by molar-refractivity contribution is -0.246. The third-order valence-corrected chi connectivity index (χ3v) is 5.20. The summed E-state index contributed by atoms with van der Waals surface area (Å²) < 4.78 is 39.6. The molecule has 0 saturated carbocycles. The monoisotopic (exact) mass is 460 g/mol. The average molecular weight is 460 g/mol. The van der Waals surface area contributed by atoms with Crippen LogP contribution in [0, 0.1) is 0 Å². The Morgan fingerprint density at radius 2 is 1.69 bits per heavy atom. The van der Waals surface area contributed by atoms with Crippen molar-refractivity contribution in [2.45, 2.75) is 82.9 Å². The van der Waals surface area contributed by atoms with Crippen LogP contribution in [0.2, 0.25) is 0 Å². The number of amides is 2. The highest BCUT2D eigenvalue weighted by molar-refractivity contribution is 5.88. The number of hydrogen-bond donors (Lipinski definition) is 2. The molecule has 0 bridgehead atoms. The van der Waals surface area contributed by atoms with E-state index in [0.717, 1.165) is 0 Å². The van der Waals surface area contributed by atoms with Gasteiger partial charge in [-0.2, -0.15) is 0 Å². The van der Waals surface area contributed by atoms with Crippen LogP contribution in [0.3, 0.4) is 0 Å². The number of hydrogen-bond acceptors (Lipinski definition) is 10. The predicted molar refractivity (Wildman–Crippen MR) is 106 cm³/mol. The topological polar surface area (TPSA) is 140 Å². The highest BCUT2D eigenvalue weighted by Gasteiger charge is 2.59. The highest BCUT2D eigenvalue weighted by atomic mass is 16.8. The summed E-state index contributed by atoms with van der Waals surface area (Å²) in [6.07, 6.45) is -2.75. The Morgan fingerprint density at radius 3 is 2.31 bits per heavy atom. The molecule has 3 aliphatic rings. The molecular formula is C20H32N2O10. The van der Waals surface area contributed by atoms with E-state index in [-0.39, 0.29) is 19.3 Å². The Morgan fingerprint density at radius 1 is 1.00 bits per heavy atom. The minimum atomic E-state index is -0.863. The number of esters is 1. The largest absolute Gasteiger partial charge is 0.467 e. The molecule has 2 amide bonds. The number of nitrogens with one attached hydrogen (secondary N) is 2. The third kappa shape index (κ3) is 5.94. The molecule has 3 aliphatic heterocycles. The molecule has 0 unspecified atom stereocenters. The molecule has 32 heavy (non-hydrogen) atoms. The second-order valence-electron chi connectivity index (χ2n) is 8.80. The number of carbonyl (C=O) groups excluding carboxylic acids is 3. The van der Waals surface area contributed by atoms with Crippen LogP contribution in [-0.4, -0.2) is 93.0 Å². The van der Waals surface area contributed by atoms with E-state index in [1.54, 1.807) is 13.8 Å². The van der Waals surface area contributed by atoms with E-state index in [0.29, 0.717) is 6.61 Å². The van der Waals surface area contributed by atoms with Gasteiger partial charge >= 0.3 is 5.97 Å². The summed E-state index contributed by atoms with van der Waals surface area (Å²) in [5, 5.41) is 4.83. The maximum Gasteiger partial charge on any atom is 0.328 e. The normalized spacial score (nSPS) is 33.4. The molecule has 0 radical (unpaired) electrons. The van der Waals surface area contributed by atoms with Gasteiger partial charge in [-0.15, -0.1) is 0 Å². The predicted octanol–water partition coefficient (Wildman–Crippen LogP) is -0.807. The van der Waals surface area contributed by atoms with Crippen molar-refractivity contribution in [3.8, 4) is 0 Å². The zero-order valence-corrected chi connectivity index (χ0v) is 19.2. The van der Waals surface area contributed by atoms with Gasteiger partial charge < -0.3 is 43.8 Å². The van der Waals surface area contributed by atoms with E-state index in [2.05, 4.69) is 15.4 Å². The van der Waals surface area contributed by atoms with Gasteiger partial charge in [0.15, 0.2) is 17.9 Å². The number of fused-ring (bicyclic) bond motifs is 1. The van der Waals surface area contributed by atoms with Gasteiger partial charge in [0, 0.05) is 0 Å². The van der Waals surface area contributed by atoms with Gasteiger partial charge in [-0.1, -0.05) is 0 Å². The molecule has 3 heterocycles. The fourth-order valence-corrected chi connectivity index (χ4v) is 3.82. The lowest BCUT2D eigenvalue weighted by atomic mass is 10.1. The molecule has 12 nitrogen and oxygen atoms in total. The zero-order valence-electron chi connectivity index (χ0n) is 19.2. The van der Waals surface area contributed by atoms with Gasteiger partial charge in [-0.3, -0.25) is 9.59 Å². The quantitative estimate of drug-likeness (QED) is 0.442. The van der Waals surface area contributed by atoms with E-state index in [1.165, 1.54) is 14.0 Å². The molecule has 0 aromatic carbocycles. The van der Waals surface area contributed by atoms with Crippen molar-refractivity contribution in [1.82, 2.24) is 10.6 Å². The SMILES string of the molecule is COC(=O)[C@H](C)NC(=O)CNC(=O)CO[C@H]1O[C@H]([C@H]2COC(C)(C)O2)[C@@H]2OC(C)(C)O[C@H]12. The summed E-state index contributed by atoms with van der Waals surface area (Å²) in [4.78, 5) is 35.3. The first-order valence-electron chi connectivity index (χ1n) is 10.5. The second-order valence-corrected chi connectivity index (χ2v) is 8.80. The Kier molecular flexibility index (Phi) is 7.42. The molecule has 182 valence electrons. The number of methoxy groups -OCH3 is 1. The first-order chi connectivity index (χ1) is 14.9. The van der Waals surface area contributed by atoms with Crippen molar-refractivity contribution in [2.24, 2.45) is 0 Å². The molecule has 3 fully saturated rings. The summed E-state index contributed by atoms with van der Waals surface area (Å²) in [5.74, 6) is -3.23. The fourth-order valence-electron chi connectivity index (χ4n) is 3.82. The van der Waals surface area contributed by atoms with E-state index >= 15 is 0 Å². The minimum Gasteiger partial charge on any atom is -0.467 e. The zero-order chi connectivity index (χ0) is 23.7. The molecular weight excluding hydrogens is 428 g/mol. The third-order valence-electron chi connectivity index (χ3n) is 5.20. The van der Waals surface area contributed by atoms with Crippen LogP contribution in [0.25, 0.3) is 0 Å². The van der Waals surface area contributed by atoms with Gasteiger partial charge in [0.25, 0.3) is 0 Å². The fraction of sp³-hybridized carbons (Fsp3) is 0.850. The van der Waals surface area contributed by atoms with Crippen LogP contribution in [-0.2, 0) is 47.5 Å². The van der Waals surface area contributed by atoms with Gasteiger partial charge in [0.2, 0.25) is 11.8 Å². The lowest BCUT2D eigenvalue weighted by Crippen LogP contribution is -2.45. The van der Waals surface area contributed by atoms with Crippen molar-refractivity contribution in [3.63, 3.8) is 0 Å². The van der Waals surface area contributed by atoms with Crippen LogP contribution >= 0.6 is 0 Å². The van der Waals surface area contributed by atoms with E-state index in [1.807, 2.05) is 13.8 Å². The second kappa shape index (κ2) is 9.57. The van der Waals surface area contributed by atoms with Crippen LogP contribution < -0.4 is 10.6 Å². The summed E-state index contributed by atoms with van der Waals surface area (Å²) in [5.41, 5.74) is 0. The van der Waals surface area contributed by atoms with E-state index in [9.17, 15) is 14.4 Å². The van der Waals surface area contributed by atoms with E-state index < -0.39 is 60.0 Å². The Labute approximate surface area is 186 Å². The molecule has 0 aromatic heterocycles. The average Bonchev–Trinajstić information content (AvgIpc) is 3.33. The van der Waals surface area contributed by atoms with Crippen LogP contribution in [0.15, 0.2) is 0 Å². The van der Waals surface area contributed by atoms with Crippen LogP contribution in [0.1, 0.15) is 34.6 Å². The van der Waals surface area contributed by atoms with Gasteiger partial charge in [0.1, 0.15) is 37.1 Å². The number of ether oxygens (including phenoxy) is 7. The van der Waals surface area contributed by atoms with Crippen LogP contribution in [0.4, 0.5) is 0 Å². The summed E-state index contributed by atoms with van der Waals surface area (Å²) in [6.45, 7) is 8.33. The summed E-state index contributed by atoms with van der Waals surface area (Å²) >= 11 is 0. The van der Waals surface area contributed by atoms with Crippen molar-refractivity contribution in [1.29, 1.82) is 0 Å².